The fraction of sp³-hybridized carbons (Fsp3) is 0.885. The van der Waals surface area contributed by atoms with Crippen LogP contribution in [0.3, 0.4) is 0 Å². The average molecular weight is 1870 g/mol. The van der Waals surface area contributed by atoms with Crippen molar-refractivity contribution < 1.29 is 46.7 Å². The van der Waals surface area contributed by atoms with Gasteiger partial charge in [0.15, 0.2) is 0 Å². The van der Waals surface area contributed by atoms with Gasteiger partial charge < -0.3 is 44.1 Å². The fourth-order valence-corrected chi connectivity index (χ4v) is 20.8. The number of Topliss-reactive ketones (excluding diaryl/α,β-unsaturated/α-hetero) is 7. The lowest BCUT2D eigenvalue weighted by atomic mass is 9.72. The molecule has 20 heteroatoms. The average Bonchev–Trinajstić information content (AvgIpc) is 1.37. The normalized spacial score (nSPS) is 21.7. The van der Waals surface area contributed by atoms with Crippen molar-refractivity contribution in [3.63, 3.8) is 0 Å². The first-order chi connectivity index (χ1) is 62.0. The third kappa shape index (κ3) is 43.3. The summed E-state index contributed by atoms with van der Waals surface area (Å²) in [5.41, 5.74) is 0.412. The van der Waals surface area contributed by atoms with Crippen molar-refractivity contribution in [3.05, 3.63) is 35.9 Å². The van der Waals surface area contributed by atoms with Gasteiger partial charge in [-0.25, -0.2) is 0 Å². The van der Waals surface area contributed by atoms with Crippen LogP contribution in [0.2, 0.25) is 0 Å². The van der Waals surface area contributed by atoms with Gasteiger partial charge in [-0.15, -0.1) is 0 Å². The maximum Gasteiger partial charge on any atom is 0.389 e. The highest BCUT2D eigenvalue weighted by atomic mass is 19.4. The Morgan fingerprint density at radius 1 is 0.368 bits per heavy atom. The third-order valence-corrected chi connectivity index (χ3v) is 32.9. The summed E-state index contributed by atoms with van der Waals surface area (Å²) >= 11 is 0. The van der Waals surface area contributed by atoms with Crippen LogP contribution in [0, 0.1) is 73.9 Å². The third-order valence-electron chi connectivity index (χ3n) is 32.9. The Balaban J connectivity index is 0.000000326. The number of aryl methyl sites for hydroxylation is 1. The van der Waals surface area contributed by atoms with E-state index in [4.69, 9.17) is 0 Å². The van der Waals surface area contributed by atoms with Gasteiger partial charge in [0, 0.05) is 165 Å². The van der Waals surface area contributed by atoms with Crippen molar-refractivity contribution in [2.75, 3.05) is 152 Å². The second kappa shape index (κ2) is 58.6. The molecule has 8 saturated heterocycles. The van der Waals surface area contributed by atoms with Crippen LogP contribution in [0.4, 0.5) is 13.2 Å². The minimum absolute atomic E-state index is 0.0136. The number of ketones is 7. The van der Waals surface area contributed by atoms with E-state index in [2.05, 4.69) is 262 Å². The first kappa shape index (κ1) is 122. The van der Waals surface area contributed by atoms with Gasteiger partial charge in [-0.2, -0.15) is 13.2 Å². The maximum absolute atomic E-state index is 13.2. The van der Waals surface area contributed by atoms with E-state index >= 15 is 0 Å². The summed E-state index contributed by atoms with van der Waals surface area (Å²) in [7, 11) is 4.18. The zero-order valence-electron chi connectivity index (χ0n) is 91.6. The number of likely N-dealkylation sites (N-methyl/N-ethyl adjacent to an activating group) is 1. The van der Waals surface area contributed by atoms with E-state index in [1.165, 1.54) is 18.4 Å². The van der Waals surface area contributed by atoms with Crippen molar-refractivity contribution in [2.45, 2.75) is 422 Å². The monoisotopic (exact) mass is 1870 g/mol. The van der Waals surface area contributed by atoms with Crippen LogP contribution >= 0.6 is 0 Å². The minimum atomic E-state index is -4.23. The number of halogens is 3. The van der Waals surface area contributed by atoms with E-state index in [1.54, 1.807) is 0 Å². The topological polar surface area (TPSA) is 152 Å². The molecule has 1 saturated carbocycles. The number of hydrogen-bond acceptors (Lipinski definition) is 17. The van der Waals surface area contributed by atoms with Gasteiger partial charge in [-0.1, -0.05) is 140 Å². The van der Waals surface area contributed by atoms with Crippen LogP contribution in [-0.4, -0.2) is 289 Å². The highest BCUT2D eigenvalue weighted by molar-refractivity contribution is 5.88. The first-order valence-electron chi connectivity index (χ1n) is 54.2. The molecule has 1 unspecified atom stereocenters. The Morgan fingerprint density at radius 2 is 0.692 bits per heavy atom. The summed E-state index contributed by atoms with van der Waals surface area (Å²) in [6.45, 7) is 83.7. The lowest BCUT2D eigenvalue weighted by Gasteiger charge is -2.46. The standard InChI is InChI=1S/C21H41N3O.C17H34N2O.C17H25NO.C16H31NO.C15H27NO.C14H27NO.C13H22F3NO/c1-6-22-13-15-23(16-14-22)17-21(20(25)8-7-18(2)3)9-11-24(12-10-21)19(4)5;1-14(2)7-8-16(20)17(13-18(5)6)9-11-19(12-10-17)15(3)4;1-14(2)18-12-10-16(11-13-18)17(19)9-8-15-6-4-3-5-7-15;1-12(2)14(5)11-15(18)16(6)7-9-17(10-8-16)13(3)4;1-12(2)16-10-8-15(3,9-11-16)14(17)7-6-13-4-5-13;1-11(2)10-13(16)14(5)6-8-15(9-7-14)12(3)4;1-10(2)17-8-6-12(3,7-9-17)11(18)4-5-13(14,15)16/h18-19H,6-17H2,1-5H3;14-15H,7-13H2,1-6H3;3-7,14,16H,8-13H2,1-2H3;12-14H,7-11H2,1-6H3;12-13H,4-11H2,1-3H3;11-12H,6-10H2,1-5H3;10H,4-9H2,1-3H3. The quantitative estimate of drug-likeness (QED) is 0.0616. The summed E-state index contributed by atoms with van der Waals surface area (Å²) in [5, 5.41) is 0. The highest BCUT2D eigenvalue weighted by Gasteiger charge is 2.47. The zero-order chi connectivity index (χ0) is 100. The second-order valence-corrected chi connectivity index (χ2v) is 47.9. The second-order valence-electron chi connectivity index (χ2n) is 47.9. The molecule has 0 N–H and O–H groups in total. The Labute approximate surface area is 815 Å². The molecule has 9 fully saturated rings. The Bertz CT molecular complexity index is 3430. The molecule has 0 spiro atoms. The van der Waals surface area contributed by atoms with Crippen molar-refractivity contribution >= 4 is 40.5 Å². The first-order valence-corrected chi connectivity index (χ1v) is 54.2. The Morgan fingerprint density at radius 3 is 1.02 bits per heavy atom. The molecule has 8 heterocycles. The van der Waals surface area contributed by atoms with Gasteiger partial charge in [0.25, 0.3) is 0 Å². The molecule has 0 bridgehead atoms. The lowest BCUT2D eigenvalue weighted by molar-refractivity contribution is -0.148. The lowest BCUT2D eigenvalue weighted by Crippen LogP contribution is -2.55. The van der Waals surface area contributed by atoms with E-state index in [0.717, 1.165) is 278 Å². The molecule has 10 rings (SSSR count). The largest absolute Gasteiger partial charge is 0.389 e. The van der Waals surface area contributed by atoms with E-state index < -0.39 is 18.0 Å². The molecule has 1 aromatic rings. The summed E-state index contributed by atoms with van der Waals surface area (Å²) in [6, 6.07) is 14.4. The summed E-state index contributed by atoms with van der Waals surface area (Å²) < 4.78 is 36.3. The van der Waals surface area contributed by atoms with E-state index in [1.807, 2.05) is 25.1 Å². The van der Waals surface area contributed by atoms with Crippen LogP contribution in [0.1, 0.15) is 373 Å². The number of benzene rings is 1. The van der Waals surface area contributed by atoms with Crippen molar-refractivity contribution in [2.24, 2.45) is 73.9 Å². The number of alkyl halides is 3. The molecule has 1 aromatic carbocycles. The Hall–Kier alpha value is -3.70. The van der Waals surface area contributed by atoms with Gasteiger partial charge >= 0.3 is 6.18 Å². The molecule has 9 aliphatic rings. The molecular weight excluding hydrogens is 1670 g/mol. The fourth-order valence-electron chi connectivity index (χ4n) is 20.8. The van der Waals surface area contributed by atoms with E-state index in [-0.39, 0.29) is 39.3 Å². The van der Waals surface area contributed by atoms with Gasteiger partial charge in [-0.05, 0) is 366 Å². The molecule has 0 aromatic heterocycles. The van der Waals surface area contributed by atoms with Crippen molar-refractivity contribution in [1.29, 1.82) is 0 Å². The number of likely N-dealkylation sites (tertiary alicyclic amines) is 7. The molecule has 17 nitrogen and oxygen atoms in total. The summed E-state index contributed by atoms with van der Waals surface area (Å²) in [4.78, 5) is 112. The molecule has 1 atom stereocenters. The molecule has 8 aliphatic heterocycles. The molecule has 772 valence electrons. The number of piperidine rings is 7. The van der Waals surface area contributed by atoms with Crippen LogP contribution in [0.5, 0.6) is 0 Å². The number of nitrogens with zero attached hydrogens (tertiary/aromatic N) is 10. The molecule has 133 heavy (non-hydrogen) atoms. The number of piperazine rings is 1. The van der Waals surface area contributed by atoms with Crippen LogP contribution in [0.15, 0.2) is 30.3 Å². The Kier molecular flexibility index (Phi) is 53.6. The predicted octanol–water partition coefficient (Wildman–Crippen LogP) is 23.0. The van der Waals surface area contributed by atoms with Gasteiger partial charge in [-0.3, -0.25) is 38.5 Å². The van der Waals surface area contributed by atoms with Crippen molar-refractivity contribution in [3.8, 4) is 0 Å². The smallest absolute Gasteiger partial charge is 0.308 e. The van der Waals surface area contributed by atoms with E-state index in [9.17, 15) is 46.7 Å². The number of hydrogen-bond donors (Lipinski definition) is 0. The van der Waals surface area contributed by atoms with Crippen molar-refractivity contribution in [1.82, 2.24) is 49.0 Å². The minimum Gasteiger partial charge on any atom is -0.308 e. The maximum atomic E-state index is 13.2. The molecule has 0 radical (unpaired) electrons. The molecular formula is C113H207F3N10O7. The molecule has 1 aliphatic carbocycles. The summed E-state index contributed by atoms with van der Waals surface area (Å²) in [5.74, 6) is 6.82. The highest BCUT2D eigenvalue weighted by Crippen LogP contribution is 2.43. The zero-order valence-corrected chi connectivity index (χ0v) is 91.6. The van der Waals surface area contributed by atoms with Gasteiger partial charge in [0.2, 0.25) is 0 Å². The number of rotatable bonds is 38. The molecule has 0 amide bonds. The predicted molar refractivity (Wildman–Crippen MR) is 553 cm³/mol. The van der Waals surface area contributed by atoms with Crippen LogP contribution < -0.4 is 0 Å². The van der Waals surface area contributed by atoms with Gasteiger partial charge in [0.05, 0.1) is 6.42 Å². The SMILES string of the molecule is CC(C)C(C)CC(=O)C1(C)CCN(C(C)C)CC1.CC(C)CC(=O)C1(C)CCN(C(C)C)CC1.CC(C)CCC(=O)C1(CN(C)C)CCN(C(C)C)CC1.CC(C)N1CCC(C(=O)CCc2ccccc2)CC1.CC(C)N1CCC(C)(C(=O)CCC(F)(F)F)CC1.CC(C)N1CCC(C)(C(=O)CCC2CC2)CC1.CCN1CCN(CC2(C(=O)CCC(C)C)CCN(C(C)C)CC2)CC1. The number of carbonyl (C=O) groups is 7. The van der Waals surface area contributed by atoms with Crippen LogP contribution in [0.25, 0.3) is 0 Å². The van der Waals surface area contributed by atoms with Crippen LogP contribution in [-0.2, 0) is 40.0 Å². The van der Waals surface area contributed by atoms with Gasteiger partial charge in [0.1, 0.15) is 40.5 Å². The summed E-state index contributed by atoms with van der Waals surface area (Å²) in [6.07, 6.45) is 19.7. The number of carbonyl (C=O) groups excluding carboxylic acids is 7. The van der Waals surface area contributed by atoms with E-state index in [0.29, 0.717) is 132 Å².